The molecule has 0 aliphatic rings. The van der Waals surface area contributed by atoms with Gasteiger partial charge in [-0.05, 0) is 38.5 Å². The fourth-order valence-electron chi connectivity index (χ4n) is 6.27. The number of aliphatic hydroxyl groups excluding tert-OH is 1. The van der Waals surface area contributed by atoms with Crippen molar-refractivity contribution in [1.82, 2.24) is 5.32 Å². The third-order valence-electron chi connectivity index (χ3n) is 9.39. The summed E-state index contributed by atoms with van der Waals surface area (Å²) in [6.45, 7) is 10.7. The maximum absolute atomic E-state index is 13.3. The molecule has 292 valence electrons. The fraction of sp³-hybridized carbons (Fsp3) is 0.951. The standard InChI is InChI=1S/C41H81NO7/c1-5-8-11-14-15-16-20-25-32-48-40(44)29-24-19-17-18-23-28-39(42-37(4)47-36-35-46-34-31-43)41(45)49-33-30-38(26-21-12-9-6-2)27-22-13-10-7-3/h37-39,42-43H,5-36H2,1-4H3. The molecule has 0 aliphatic heterocycles. The summed E-state index contributed by atoms with van der Waals surface area (Å²) in [7, 11) is 0. The van der Waals surface area contributed by atoms with Crippen LogP contribution in [0.3, 0.4) is 0 Å². The lowest BCUT2D eigenvalue weighted by molar-refractivity contribution is -0.148. The van der Waals surface area contributed by atoms with E-state index in [9.17, 15) is 9.59 Å². The molecule has 2 N–H and O–H groups in total. The van der Waals surface area contributed by atoms with Crippen LogP contribution >= 0.6 is 0 Å². The first-order valence-electron chi connectivity index (χ1n) is 20.9. The second-order valence-electron chi connectivity index (χ2n) is 14.1. The van der Waals surface area contributed by atoms with Gasteiger partial charge in [-0.2, -0.15) is 0 Å². The second kappa shape index (κ2) is 38.0. The van der Waals surface area contributed by atoms with E-state index in [0.717, 1.165) is 51.4 Å². The molecule has 0 aromatic carbocycles. The van der Waals surface area contributed by atoms with E-state index in [-0.39, 0.29) is 24.8 Å². The summed E-state index contributed by atoms with van der Waals surface area (Å²) in [4.78, 5) is 25.4. The van der Waals surface area contributed by atoms with Crippen molar-refractivity contribution in [3.05, 3.63) is 0 Å². The predicted octanol–water partition coefficient (Wildman–Crippen LogP) is 10.2. The van der Waals surface area contributed by atoms with Gasteiger partial charge in [0.2, 0.25) is 0 Å². The topological polar surface area (TPSA) is 103 Å². The van der Waals surface area contributed by atoms with E-state index in [2.05, 4.69) is 26.1 Å². The Morgan fingerprint density at radius 3 is 1.69 bits per heavy atom. The van der Waals surface area contributed by atoms with Crippen molar-refractivity contribution in [3.63, 3.8) is 0 Å². The fourth-order valence-corrected chi connectivity index (χ4v) is 6.27. The number of esters is 2. The normalized spacial score (nSPS) is 12.8. The molecule has 0 fully saturated rings. The van der Waals surface area contributed by atoms with E-state index in [1.165, 1.54) is 103 Å². The van der Waals surface area contributed by atoms with Crippen LogP contribution in [-0.2, 0) is 28.5 Å². The first kappa shape index (κ1) is 47.8. The molecule has 0 amide bonds. The van der Waals surface area contributed by atoms with Crippen molar-refractivity contribution < 1.29 is 33.6 Å². The Bertz CT molecular complexity index is 695. The van der Waals surface area contributed by atoms with Gasteiger partial charge in [-0.15, -0.1) is 0 Å². The largest absolute Gasteiger partial charge is 0.466 e. The summed E-state index contributed by atoms with van der Waals surface area (Å²) >= 11 is 0. The van der Waals surface area contributed by atoms with Crippen LogP contribution < -0.4 is 5.32 Å². The van der Waals surface area contributed by atoms with Gasteiger partial charge in [0, 0.05) is 6.42 Å². The van der Waals surface area contributed by atoms with Crippen molar-refractivity contribution >= 4 is 11.9 Å². The lowest BCUT2D eigenvalue weighted by atomic mass is 9.92. The van der Waals surface area contributed by atoms with Crippen molar-refractivity contribution in [2.75, 3.05) is 39.6 Å². The minimum Gasteiger partial charge on any atom is -0.466 e. The first-order chi connectivity index (χ1) is 24.0. The van der Waals surface area contributed by atoms with Crippen LogP contribution in [-0.4, -0.2) is 69.0 Å². The van der Waals surface area contributed by atoms with Crippen molar-refractivity contribution in [1.29, 1.82) is 0 Å². The molecule has 0 bridgehead atoms. The van der Waals surface area contributed by atoms with Crippen molar-refractivity contribution in [2.45, 2.75) is 207 Å². The monoisotopic (exact) mass is 700 g/mol. The van der Waals surface area contributed by atoms with E-state index in [4.69, 9.17) is 24.1 Å². The highest BCUT2D eigenvalue weighted by atomic mass is 16.5. The molecule has 2 unspecified atom stereocenters. The molecule has 49 heavy (non-hydrogen) atoms. The van der Waals surface area contributed by atoms with Crippen molar-refractivity contribution in [3.8, 4) is 0 Å². The van der Waals surface area contributed by atoms with Crippen molar-refractivity contribution in [2.24, 2.45) is 5.92 Å². The van der Waals surface area contributed by atoms with E-state index in [0.29, 0.717) is 51.8 Å². The molecule has 0 saturated heterocycles. The summed E-state index contributed by atoms with van der Waals surface area (Å²) in [5.74, 6) is 0.355. The van der Waals surface area contributed by atoms with Gasteiger partial charge in [-0.25, -0.2) is 0 Å². The molecule has 0 spiro atoms. The lowest BCUT2D eigenvalue weighted by Gasteiger charge is -2.23. The summed E-state index contributed by atoms with van der Waals surface area (Å²) < 4.78 is 22.4. The van der Waals surface area contributed by atoms with Crippen LogP contribution in [0.2, 0.25) is 0 Å². The van der Waals surface area contributed by atoms with Gasteiger partial charge in [0.25, 0.3) is 0 Å². The summed E-state index contributed by atoms with van der Waals surface area (Å²) in [6, 6.07) is -0.424. The molecular weight excluding hydrogens is 618 g/mol. The van der Waals surface area contributed by atoms with Gasteiger partial charge in [0.15, 0.2) is 0 Å². The average Bonchev–Trinajstić information content (AvgIpc) is 3.09. The van der Waals surface area contributed by atoms with Crippen LogP contribution in [0.5, 0.6) is 0 Å². The summed E-state index contributed by atoms with van der Waals surface area (Å²) in [6.07, 6.45) is 29.1. The Kier molecular flexibility index (Phi) is 37.1. The highest BCUT2D eigenvalue weighted by Gasteiger charge is 2.22. The maximum atomic E-state index is 13.3. The molecule has 0 aromatic rings. The zero-order chi connectivity index (χ0) is 36.0. The molecule has 0 aromatic heterocycles. The number of hydrogen-bond acceptors (Lipinski definition) is 8. The van der Waals surface area contributed by atoms with Gasteiger partial charge in [0.1, 0.15) is 12.3 Å². The number of rotatable bonds is 39. The molecule has 0 rings (SSSR count). The highest BCUT2D eigenvalue weighted by molar-refractivity contribution is 5.75. The van der Waals surface area contributed by atoms with E-state index >= 15 is 0 Å². The SMILES string of the molecule is CCCCCCCCCCOC(=O)CCCCCCCC(NC(C)OCCOCCO)C(=O)OCCC(CCCCCC)CCCCCC. The molecule has 0 aliphatic carbocycles. The van der Waals surface area contributed by atoms with E-state index in [1.54, 1.807) is 0 Å². The zero-order valence-electron chi connectivity index (χ0n) is 32.8. The van der Waals surface area contributed by atoms with Gasteiger partial charge in [0.05, 0.1) is 39.6 Å². The predicted molar refractivity (Wildman–Crippen MR) is 203 cm³/mol. The van der Waals surface area contributed by atoms with E-state index < -0.39 is 6.04 Å². The quantitative estimate of drug-likeness (QED) is 0.0371. The third kappa shape index (κ3) is 33.7. The Morgan fingerprint density at radius 2 is 1.08 bits per heavy atom. The van der Waals surface area contributed by atoms with Gasteiger partial charge >= 0.3 is 11.9 Å². The molecule has 2 atom stereocenters. The summed E-state index contributed by atoms with van der Waals surface area (Å²) in [5.41, 5.74) is 0. The Balaban J connectivity index is 4.52. The second-order valence-corrected chi connectivity index (χ2v) is 14.1. The van der Waals surface area contributed by atoms with Gasteiger partial charge in [-0.3, -0.25) is 14.9 Å². The minimum atomic E-state index is -0.424. The van der Waals surface area contributed by atoms with E-state index in [1.807, 2.05) is 6.92 Å². The highest BCUT2D eigenvalue weighted by Crippen LogP contribution is 2.22. The van der Waals surface area contributed by atoms with Crippen LogP contribution in [0.4, 0.5) is 0 Å². The number of ether oxygens (including phenoxy) is 4. The Labute approximate surface area is 302 Å². The number of unbranched alkanes of at least 4 members (excludes halogenated alkanes) is 17. The third-order valence-corrected chi connectivity index (χ3v) is 9.39. The van der Waals surface area contributed by atoms with Crippen LogP contribution in [0.15, 0.2) is 0 Å². The van der Waals surface area contributed by atoms with Crippen LogP contribution in [0.1, 0.15) is 195 Å². The molecule has 8 heteroatoms. The average molecular weight is 700 g/mol. The molecular formula is C41H81NO7. The smallest absolute Gasteiger partial charge is 0.323 e. The van der Waals surface area contributed by atoms with Gasteiger partial charge in [-0.1, -0.05) is 156 Å². The molecule has 0 heterocycles. The van der Waals surface area contributed by atoms with Crippen LogP contribution in [0.25, 0.3) is 0 Å². The lowest BCUT2D eigenvalue weighted by Crippen LogP contribution is -2.44. The zero-order valence-corrected chi connectivity index (χ0v) is 32.8. The molecule has 8 nitrogen and oxygen atoms in total. The number of aliphatic hydroxyl groups is 1. The Hall–Kier alpha value is -1.22. The minimum absolute atomic E-state index is 0.0104. The van der Waals surface area contributed by atoms with Gasteiger partial charge < -0.3 is 24.1 Å². The van der Waals surface area contributed by atoms with Crippen LogP contribution in [0, 0.1) is 5.92 Å². The molecule has 0 saturated carbocycles. The number of carbonyl (C=O) groups excluding carboxylic acids is 2. The first-order valence-corrected chi connectivity index (χ1v) is 20.9. The summed E-state index contributed by atoms with van der Waals surface area (Å²) in [5, 5.41) is 12.2. The Morgan fingerprint density at radius 1 is 0.551 bits per heavy atom. The number of hydrogen-bond donors (Lipinski definition) is 2. The molecule has 0 radical (unpaired) electrons. The maximum Gasteiger partial charge on any atom is 0.323 e. The number of nitrogens with one attached hydrogen (secondary N) is 1. The number of carbonyl (C=O) groups is 2.